The van der Waals surface area contributed by atoms with Gasteiger partial charge in [0, 0.05) is 36.2 Å². The monoisotopic (exact) mass is 284 g/mol. The molecule has 2 aliphatic rings. The average molecular weight is 285 g/mol. The summed E-state index contributed by atoms with van der Waals surface area (Å²) >= 11 is 5.88. The lowest BCUT2D eigenvalue weighted by Crippen LogP contribution is -2.69. The Morgan fingerprint density at radius 1 is 1.32 bits per heavy atom. The molecule has 1 atom stereocenters. The van der Waals surface area contributed by atoms with E-state index < -0.39 is 0 Å². The molecule has 0 aromatic carbocycles. The first-order valence-electron chi connectivity index (χ1n) is 7.79. The Bertz CT molecular complexity index is 334. The first-order chi connectivity index (χ1) is 9.03. The van der Waals surface area contributed by atoms with Crippen molar-refractivity contribution in [3.05, 3.63) is 11.1 Å². The second-order valence-electron chi connectivity index (χ2n) is 6.86. The molecule has 19 heavy (non-hydrogen) atoms. The molecule has 0 bridgehead atoms. The van der Waals surface area contributed by atoms with Crippen molar-refractivity contribution in [3.8, 4) is 0 Å². The van der Waals surface area contributed by atoms with Gasteiger partial charge in [-0.2, -0.15) is 0 Å². The molecule has 1 N–H and O–H groups in total. The maximum atomic E-state index is 5.88. The molecule has 2 fully saturated rings. The Balaban J connectivity index is 2.12. The fourth-order valence-corrected chi connectivity index (χ4v) is 3.67. The molecule has 0 amide bonds. The molecule has 0 radical (unpaired) electrons. The first-order valence-corrected chi connectivity index (χ1v) is 8.23. The van der Waals surface area contributed by atoms with Crippen molar-refractivity contribution >= 4 is 11.6 Å². The third-order valence-corrected chi connectivity index (χ3v) is 5.67. The van der Waals surface area contributed by atoms with Crippen molar-refractivity contribution in [2.24, 2.45) is 0 Å². The highest BCUT2D eigenvalue weighted by Crippen LogP contribution is 2.36. The summed E-state index contributed by atoms with van der Waals surface area (Å²) in [6, 6.07) is 0. The van der Waals surface area contributed by atoms with Gasteiger partial charge in [0.2, 0.25) is 0 Å². The van der Waals surface area contributed by atoms with Crippen molar-refractivity contribution in [1.82, 2.24) is 10.2 Å². The second-order valence-corrected chi connectivity index (χ2v) is 7.07. The maximum Gasteiger partial charge on any atom is 0.0309 e. The van der Waals surface area contributed by atoms with Crippen molar-refractivity contribution in [1.29, 1.82) is 0 Å². The molecule has 1 aliphatic heterocycles. The van der Waals surface area contributed by atoms with E-state index in [9.17, 15) is 0 Å². The topological polar surface area (TPSA) is 15.3 Å². The Labute approximate surface area is 123 Å². The summed E-state index contributed by atoms with van der Waals surface area (Å²) in [6.07, 6.45) is 8.04. The molecule has 2 rings (SSSR count). The van der Waals surface area contributed by atoms with Gasteiger partial charge in [0.15, 0.2) is 0 Å². The van der Waals surface area contributed by atoms with E-state index in [1.165, 1.54) is 50.6 Å². The quantitative estimate of drug-likeness (QED) is 0.845. The normalized spacial score (nSPS) is 32.7. The SMILES string of the molecule is CCC1(C)CNC2(CCCCC2)CN1CC(C)=CCl. The Kier molecular flexibility index (Phi) is 4.97. The highest BCUT2D eigenvalue weighted by atomic mass is 35.5. The van der Waals surface area contributed by atoms with E-state index in [0.29, 0.717) is 5.54 Å². The van der Waals surface area contributed by atoms with Crippen LogP contribution >= 0.6 is 11.6 Å². The van der Waals surface area contributed by atoms with Crippen LogP contribution in [0.4, 0.5) is 0 Å². The first kappa shape index (κ1) is 15.3. The molecule has 3 heteroatoms. The van der Waals surface area contributed by atoms with E-state index in [-0.39, 0.29) is 5.54 Å². The molecular weight excluding hydrogens is 256 g/mol. The summed E-state index contributed by atoms with van der Waals surface area (Å²) in [5.41, 5.74) is 3.66. The smallest absolute Gasteiger partial charge is 0.0309 e. The molecule has 1 saturated carbocycles. The van der Waals surface area contributed by atoms with Crippen molar-refractivity contribution in [3.63, 3.8) is 0 Å². The maximum absolute atomic E-state index is 5.88. The molecule has 0 aromatic rings. The number of rotatable bonds is 3. The van der Waals surface area contributed by atoms with E-state index in [0.717, 1.165) is 13.1 Å². The summed E-state index contributed by atoms with van der Waals surface area (Å²) < 4.78 is 0. The van der Waals surface area contributed by atoms with Gasteiger partial charge < -0.3 is 5.32 Å². The molecular formula is C16H29ClN2. The zero-order chi connectivity index (χ0) is 13.9. The molecule has 110 valence electrons. The summed E-state index contributed by atoms with van der Waals surface area (Å²) in [5, 5.41) is 3.90. The Hall–Kier alpha value is -0.0500. The molecule has 2 nitrogen and oxygen atoms in total. The number of piperazine rings is 1. The number of hydrogen-bond donors (Lipinski definition) is 1. The van der Waals surface area contributed by atoms with Crippen LogP contribution < -0.4 is 5.32 Å². The summed E-state index contributed by atoms with van der Waals surface area (Å²) in [7, 11) is 0. The number of halogens is 1. The lowest BCUT2D eigenvalue weighted by molar-refractivity contribution is 0.00528. The van der Waals surface area contributed by atoms with Gasteiger partial charge >= 0.3 is 0 Å². The lowest BCUT2D eigenvalue weighted by atomic mass is 9.77. The van der Waals surface area contributed by atoms with Gasteiger partial charge in [-0.05, 0) is 38.7 Å². The minimum atomic E-state index is 0.268. The van der Waals surface area contributed by atoms with E-state index in [1.807, 2.05) is 0 Å². The van der Waals surface area contributed by atoms with Crippen LogP contribution in [-0.2, 0) is 0 Å². The standard InChI is InChI=1S/C16H29ClN2/c1-4-15(3)12-18-16(8-6-5-7-9-16)13-19(15)11-14(2)10-17/h10,18H,4-9,11-13H2,1-3H3. The molecule has 1 unspecified atom stereocenters. The van der Waals surface area contributed by atoms with Crippen LogP contribution in [0.1, 0.15) is 59.3 Å². The largest absolute Gasteiger partial charge is 0.308 e. The highest BCUT2D eigenvalue weighted by molar-refractivity contribution is 6.25. The fraction of sp³-hybridized carbons (Fsp3) is 0.875. The van der Waals surface area contributed by atoms with Crippen LogP contribution in [0, 0.1) is 0 Å². The number of nitrogens with one attached hydrogen (secondary N) is 1. The van der Waals surface area contributed by atoms with E-state index in [4.69, 9.17) is 11.6 Å². The van der Waals surface area contributed by atoms with Gasteiger partial charge in [0.1, 0.15) is 0 Å². The third kappa shape index (κ3) is 3.34. The summed E-state index contributed by atoms with van der Waals surface area (Å²) in [4.78, 5) is 2.67. The van der Waals surface area contributed by atoms with Crippen LogP contribution in [0.3, 0.4) is 0 Å². The van der Waals surface area contributed by atoms with Crippen molar-refractivity contribution < 1.29 is 0 Å². The van der Waals surface area contributed by atoms with Crippen LogP contribution in [0.5, 0.6) is 0 Å². The van der Waals surface area contributed by atoms with Gasteiger partial charge in [-0.3, -0.25) is 4.90 Å². The minimum absolute atomic E-state index is 0.268. The predicted molar refractivity (Wildman–Crippen MR) is 83.7 cm³/mol. The van der Waals surface area contributed by atoms with Gasteiger partial charge in [-0.25, -0.2) is 0 Å². The molecule has 1 saturated heterocycles. The van der Waals surface area contributed by atoms with Crippen LogP contribution in [0.25, 0.3) is 0 Å². The van der Waals surface area contributed by atoms with E-state index >= 15 is 0 Å². The highest BCUT2D eigenvalue weighted by Gasteiger charge is 2.44. The van der Waals surface area contributed by atoms with Crippen LogP contribution in [0.15, 0.2) is 11.1 Å². The summed E-state index contributed by atoms with van der Waals surface area (Å²) in [6.45, 7) is 10.1. The van der Waals surface area contributed by atoms with Crippen molar-refractivity contribution in [2.75, 3.05) is 19.6 Å². The Morgan fingerprint density at radius 3 is 2.58 bits per heavy atom. The van der Waals surface area contributed by atoms with E-state index in [1.54, 1.807) is 5.54 Å². The van der Waals surface area contributed by atoms with Gasteiger partial charge in [-0.15, -0.1) is 0 Å². The van der Waals surface area contributed by atoms with Crippen LogP contribution in [0.2, 0.25) is 0 Å². The zero-order valence-electron chi connectivity index (χ0n) is 12.8. The average Bonchev–Trinajstić information content (AvgIpc) is 2.44. The molecule has 1 heterocycles. The van der Waals surface area contributed by atoms with Gasteiger partial charge in [-0.1, -0.05) is 37.8 Å². The lowest BCUT2D eigenvalue weighted by Gasteiger charge is -2.54. The fourth-order valence-electron chi connectivity index (χ4n) is 3.60. The number of nitrogens with zero attached hydrogens (tertiary/aromatic N) is 1. The van der Waals surface area contributed by atoms with Crippen molar-refractivity contribution in [2.45, 2.75) is 70.4 Å². The molecule has 1 aliphatic carbocycles. The van der Waals surface area contributed by atoms with Crippen LogP contribution in [-0.4, -0.2) is 35.6 Å². The Morgan fingerprint density at radius 2 is 2.00 bits per heavy atom. The van der Waals surface area contributed by atoms with Gasteiger partial charge in [0.05, 0.1) is 0 Å². The second kappa shape index (κ2) is 6.15. The third-order valence-electron chi connectivity index (χ3n) is 5.30. The molecule has 0 aromatic heterocycles. The van der Waals surface area contributed by atoms with E-state index in [2.05, 4.69) is 31.0 Å². The zero-order valence-corrected chi connectivity index (χ0v) is 13.5. The summed E-state index contributed by atoms with van der Waals surface area (Å²) in [5.74, 6) is 0. The predicted octanol–water partition coefficient (Wildman–Crippen LogP) is 3.91. The minimum Gasteiger partial charge on any atom is -0.308 e. The number of hydrogen-bond acceptors (Lipinski definition) is 2. The molecule has 1 spiro atoms. The van der Waals surface area contributed by atoms with Gasteiger partial charge in [0.25, 0.3) is 0 Å².